The van der Waals surface area contributed by atoms with E-state index in [1.54, 1.807) is 12.1 Å². The molecular formula is C25H25FN2O. The number of halogens is 1. The topological polar surface area (TPSA) is 32.3 Å². The van der Waals surface area contributed by atoms with Crippen molar-refractivity contribution in [3.05, 3.63) is 107 Å². The second-order valence-electron chi connectivity index (χ2n) is 7.63. The molecule has 4 rings (SSSR count). The van der Waals surface area contributed by atoms with E-state index in [9.17, 15) is 9.18 Å². The first-order chi connectivity index (χ1) is 14.1. The van der Waals surface area contributed by atoms with Crippen molar-refractivity contribution in [2.24, 2.45) is 0 Å². The first-order valence-corrected chi connectivity index (χ1v) is 10.0. The van der Waals surface area contributed by atoms with Crippen LogP contribution >= 0.6 is 0 Å². The van der Waals surface area contributed by atoms with E-state index in [-0.39, 0.29) is 23.8 Å². The molecule has 3 aromatic carbocycles. The van der Waals surface area contributed by atoms with Crippen LogP contribution in [0.1, 0.15) is 35.2 Å². The summed E-state index contributed by atoms with van der Waals surface area (Å²) in [6, 6.07) is 24.5. The van der Waals surface area contributed by atoms with Crippen LogP contribution in [0.15, 0.2) is 78.9 Å². The highest BCUT2D eigenvalue weighted by Gasteiger charge is 2.32. The van der Waals surface area contributed by atoms with Gasteiger partial charge in [0.2, 0.25) is 5.91 Å². The van der Waals surface area contributed by atoms with E-state index < -0.39 is 0 Å². The minimum atomic E-state index is -0.337. The Balaban J connectivity index is 1.57. The average Bonchev–Trinajstić information content (AvgIpc) is 2.75. The smallest absolute Gasteiger partial charge is 0.238 e. The molecule has 0 bridgehead atoms. The summed E-state index contributed by atoms with van der Waals surface area (Å²) in [5, 5.41) is 3.15. The van der Waals surface area contributed by atoms with Crippen molar-refractivity contribution in [2.45, 2.75) is 38.5 Å². The Labute approximate surface area is 171 Å². The maximum Gasteiger partial charge on any atom is 0.238 e. The molecule has 2 atom stereocenters. The minimum Gasteiger partial charge on any atom is -0.348 e. The summed E-state index contributed by atoms with van der Waals surface area (Å²) < 4.78 is 14.3. The van der Waals surface area contributed by atoms with Gasteiger partial charge in [0.1, 0.15) is 5.82 Å². The monoisotopic (exact) mass is 388 g/mol. The van der Waals surface area contributed by atoms with Gasteiger partial charge in [0.15, 0.2) is 0 Å². The lowest BCUT2D eigenvalue weighted by Gasteiger charge is -2.36. The van der Waals surface area contributed by atoms with Crippen molar-refractivity contribution in [3.8, 4) is 0 Å². The van der Waals surface area contributed by atoms with E-state index in [2.05, 4.69) is 22.3 Å². The first-order valence-electron chi connectivity index (χ1n) is 10.0. The van der Waals surface area contributed by atoms with Gasteiger partial charge in [-0.25, -0.2) is 4.39 Å². The zero-order valence-corrected chi connectivity index (χ0v) is 16.5. The SMILES string of the molecule is CC(NC(=O)C1Cc2ccccc2CN1Cc1ccccc1F)c1ccccc1. The molecule has 1 aliphatic heterocycles. The summed E-state index contributed by atoms with van der Waals surface area (Å²) in [6.07, 6.45) is 0.623. The van der Waals surface area contributed by atoms with Crippen LogP contribution < -0.4 is 5.32 Å². The second kappa shape index (κ2) is 8.58. The molecule has 0 aliphatic carbocycles. The molecule has 3 aromatic rings. The molecule has 0 saturated carbocycles. The van der Waals surface area contributed by atoms with Gasteiger partial charge < -0.3 is 5.32 Å². The van der Waals surface area contributed by atoms with E-state index in [1.807, 2.05) is 55.5 Å². The molecule has 1 N–H and O–H groups in total. The van der Waals surface area contributed by atoms with Gasteiger partial charge in [-0.15, -0.1) is 0 Å². The van der Waals surface area contributed by atoms with Crippen molar-refractivity contribution >= 4 is 5.91 Å². The van der Waals surface area contributed by atoms with E-state index in [4.69, 9.17) is 0 Å². The zero-order valence-electron chi connectivity index (χ0n) is 16.5. The van der Waals surface area contributed by atoms with Crippen LogP contribution in [0.3, 0.4) is 0 Å². The Morgan fingerprint density at radius 3 is 2.41 bits per heavy atom. The van der Waals surface area contributed by atoms with Gasteiger partial charge in [0.25, 0.3) is 0 Å². The normalized spacial score (nSPS) is 17.4. The highest BCUT2D eigenvalue weighted by molar-refractivity contribution is 5.83. The van der Waals surface area contributed by atoms with Crippen LogP contribution in [0.5, 0.6) is 0 Å². The predicted molar refractivity (Wildman–Crippen MR) is 113 cm³/mol. The molecule has 148 valence electrons. The summed E-state index contributed by atoms with van der Waals surface area (Å²) in [5.41, 5.74) is 4.06. The van der Waals surface area contributed by atoms with Crippen LogP contribution in [0, 0.1) is 5.82 Å². The lowest BCUT2D eigenvalue weighted by molar-refractivity contribution is -0.128. The third-order valence-electron chi connectivity index (χ3n) is 5.64. The number of hydrogen-bond acceptors (Lipinski definition) is 2. The molecule has 29 heavy (non-hydrogen) atoms. The van der Waals surface area contributed by atoms with Crippen LogP contribution in [-0.2, 0) is 24.3 Å². The largest absolute Gasteiger partial charge is 0.348 e. The number of amides is 1. The molecule has 1 amide bonds. The number of carbonyl (C=O) groups excluding carboxylic acids is 1. The van der Waals surface area contributed by atoms with Gasteiger partial charge in [-0.3, -0.25) is 9.69 Å². The standard InChI is InChI=1S/C25H25FN2O/c1-18(19-9-3-2-4-10-19)27-25(29)24-15-20-11-5-6-12-21(20)16-28(24)17-22-13-7-8-14-23(22)26/h2-14,18,24H,15-17H2,1H3,(H,27,29). The van der Waals surface area contributed by atoms with Crippen LogP contribution in [0.25, 0.3) is 0 Å². The summed E-state index contributed by atoms with van der Waals surface area (Å²) >= 11 is 0. The number of carbonyl (C=O) groups is 1. The van der Waals surface area contributed by atoms with Gasteiger partial charge in [0.05, 0.1) is 12.1 Å². The third kappa shape index (κ3) is 4.38. The van der Waals surface area contributed by atoms with E-state index in [0.717, 1.165) is 5.56 Å². The minimum absolute atomic E-state index is 0.0211. The molecule has 3 nitrogen and oxygen atoms in total. The summed E-state index contributed by atoms with van der Waals surface area (Å²) in [5.74, 6) is -0.254. The number of nitrogens with zero attached hydrogens (tertiary/aromatic N) is 1. The highest BCUT2D eigenvalue weighted by Crippen LogP contribution is 2.26. The lowest BCUT2D eigenvalue weighted by Crippen LogP contribution is -2.50. The molecule has 0 aromatic heterocycles. The zero-order chi connectivity index (χ0) is 20.2. The van der Waals surface area contributed by atoms with Gasteiger partial charge in [0, 0.05) is 18.7 Å². The fourth-order valence-electron chi connectivity index (χ4n) is 3.98. The Kier molecular flexibility index (Phi) is 5.72. The molecule has 0 radical (unpaired) electrons. The van der Waals surface area contributed by atoms with Gasteiger partial charge in [-0.05, 0) is 36.1 Å². The number of fused-ring (bicyclic) bond motifs is 1. The summed E-state index contributed by atoms with van der Waals surface area (Å²) in [7, 11) is 0. The van der Waals surface area contributed by atoms with Crippen molar-refractivity contribution in [1.82, 2.24) is 10.2 Å². The fourth-order valence-corrected chi connectivity index (χ4v) is 3.98. The summed E-state index contributed by atoms with van der Waals surface area (Å²) in [4.78, 5) is 15.3. The van der Waals surface area contributed by atoms with Gasteiger partial charge in [-0.1, -0.05) is 72.8 Å². The number of benzene rings is 3. The van der Waals surface area contributed by atoms with Gasteiger partial charge in [-0.2, -0.15) is 0 Å². The van der Waals surface area contributed by atoms with Crippen molar-refractivity contribution < 1.29 is 9.18 Å². The molecule has 0 saturated heterocycles. The van der Waals surface area contributed by atoms with Crippen LogP contribution in [0.2, 0.25) is 0 Å². The van der Waals surface area contributed by atoms with E-state index in [0.29, 0.717) is 25.1 Å². The number of nitrogens with one attached hydrogen (secondary N) is 1. The van der Waals surface area contributed by atoms with Crippen LogP contribution in [-0.4, -0.2) is 16.8 Å². The quantitative estimate of drug-likeness (QED) is 0.691. The Hall–Kier alpha value is -2.98. The molecule has 2 unspecified atom stereocenters. The van der Waals surface area contributed by atoms with Crippen molar-refractivity contribution in [3.63, 3.8) is 0 Å². The average molecular weight is 388 g/mol. The molecule has 1 aliphatic rings. The Morgan fingerprint density at radius 1 is 1.00 bits per heavy atom. The molecule has 0 fully saturated rings. The lowest BCUT2D eigenvalue weighted by atomic mass is 9.92. The highest BCUT2D eigenvalue weighted by atomic mass is 19.1. The third-order valence-corrected chi connectivity index (χ3v) is 5.64. The van der Waals surface area contributed by atoms with E-state index >= 15 is 0 Å². The second-order valence-corrected chi connectivity index (χ2v) is 7.63. The molecular weight excluding hydrogens is 363 g/mol. The number of hydrogen-bond donors (Lipinski definition) is 1. The Bertz CT molecular complexity index is 989. The molecule has 4 heteroatoms. The first kappa shape index (κ1) is 19.3. The van der Waals surface area contributed by atoms with Crippen molar-refractivity contribution in [1.29, 1.82) is 0 Å². The maximum absolute atomic E-state index is 14.3. The summed E-state index contributed by atoms with van der Waals surface area (Å²) in [6.45, 7) is 3.02. The molecule has 0 spiro atoms. The molecule has 1 heterocycles. The fraction of sp³-hybridized carbons (Fsp3) is 0.240. The maximum atomic E-state index is 14.3. The van der Waals surface area contributed by atoms with Gasteiger partial charge >= 0.3 is 0 Å². The number of rotatable bonds is 5. The predicted octanol–water partition coefficient (Wildman–Crippen LogP) is 4.63. The van der Waals surface area contributed by atoms with E-state index in [1.165, 1.54) is 17.2 Å². The Morgan fingerprint density at radius 2 is 1.66 bits per heavy atom. The van der Waals surface area contributed by atoms with Crippen LogP contribution in [0.4, 0.5) is 4.39 Å². The van der Waals surface area contributed by atoms with Crippen molar-refractivity contribution in [2.75, 3.05) is 0 Å².